The number of aromatic hydroxyl groups is 2. The number of nitrogens with zero attached hydrogens (tertiary/aromatic N) is 4. The van der Waals surface area contributed by atoms with Crippen molar-refractivity contribution in [3.8, 4) is 46.0 Å². The number of phenolic OH excluding ortho intramolecular Hbond substituents is 2. The zero-order chi connectivity index (χ0) is 102. The van der Waals surface area contributed by atoms with Gasteiger partial charge in [-0.3, -0.25) is 19.2 Å². The van der Waals surface area contributed by atoms with E-state index in [0.717, 1.165) is 139 Å². The summed E-state index contributed by atoms with van der Waals surface area (Å²) in [5.74, 6) is -0.0641. The van der Waals surface area contributed by atoms with Crippen LogP contribution in [0.4, 0.5) is 0 Å². The molecule has 8 saturated heterocycles. The molecule has 8 aliphatic carbocycles. The van der Waals surface area contributed by atoms with Gasteiger partial charge < -0.3 is 163 Å². The Morgan fingerprint density at radius 3 is 1.12 bits per heavy atom. The van der Waals surface area contributed by atoms with Gasteiger partial charge in [0.25, 0.3) is 0 Å². The van der Waals surface area contributed by atoms with Crippen LogP contribution >= 0.6 is 35.3 Å². The Balaban J connectivity index is 0.000000115. The van der Waals surface area contributed by atoms with Crippen molar-refractivity contribution in [3.05, 3.63) is 142 Å². The molecule has 42 heteroatoms. The summed E-state index contributed by atoms with van der Waals surface area (Å²) in [6, 6.07) is 16.3. The van der Waals surface area contributed by atoms with Gasteiger partial charge in [-0.25, -0.2) is 9.59 Å². The predicted octanol–water partition coefficient (Wildman–Crippen LogP) is 0.363. The van der Waals surface area contributed by atoms with Gasteiger partial charge in [0.15, 0.2) is 76.5 Å². The number of benzene rings is 4. The van der Waals surface area contributed by atoms with Gasteiger partial charge >= 0.3 is 29.8 Å². The molecule has 0 radical (unpaired) electrons. The van der Waals surface area contributed by atoms with Crippen LogP contribution in [0.1, 0.15) is 97.4 Å². The van der Waals surface area contributed by atoms with E-state index in [1.807, 2.05) is 30.3 Å². The normalized spacial score (nSPS) is 42.2. The number of aliphatic hydroxyl groups is 11. The Morgan fingerprint density at radius 1 is 0.400 bits per heavy atom. The lowest BCUT2D eigenvalue weighted by molar-refractivity contribution is -0.248. The number of thioether (sulfide) groups is 3. The van der Waals surface area contributed by atoms with Crippen molar-refractivity contribution in [3.63, 3.8) is 0 Å². The lowest BCUT2D eigenvalue weighted by Gasteiger charge is -2.57. The number of rotatable bonds is 18. The van der Waals surface area contributed by atoms with Crippen molar-refractivity contribution >= 4 is 71.0 Å². The number of phenols is 2. The molecule has 4 aromatic carbocycles. The summed E-state index contributed by atoms with van der Waals surface area (Å²) in [7, 11) is 13.0. The van der Waals surface area contributed by atoms with Crippen LogP contribution in [-0.4, -0.2) is 406 Å². The number of aliphatic hydroxyl groups excluding tert-OH is 11. The van der Waals surface area contributed by atoms with E-state index in [9.17, 15) is 100 Å². The number of carboxylic acids is 1. The summed E-state index contributed by atoms with van der Waals surface area (Å²) in [5.41, 5.74) is 5.69. The molecule has 8 fully saturated rings. The first-order valence-electron chi connectivity index (χ1n) is 49.8. The number of ether oxygens (including phenoxy) is 14. The molecule has 1 amide bonds. The Morgan fingerprint density at radius 2 is 0.745 bits per heavy atom. The molecule has 24 rings (SSSR count). The number of amides is 1. The molecular weight excluding hydrogens is 1950 g/mol. The minimum absolute atomic E-state index is 0.0521. The molecule has 0 saturated carbocycles. The number of hydrogen-bond acceptors (Lipinski definition) is 40. The fourth-order valence-electron chi connectivity index (χ4n) is 28.5. The number of methoxy groups -OCH3 is 3. The molecule has 145 heavy (non-hydrogen) atoms. The van der Waals surface area contributed by atoms with E-state index < -0.39 is 193 Å². The third kappa shape index (κ3) is 16.2. The first-order valence-corrected chi connectivity index (χ1v) is 52.6. The van der Waals surface area contributed by atoms with Crippen LogP contribution in [0.15, 0.2) is 97.1 Å². The maximum Gasteiger partial charge on any atom is 0.339 e. The molecule has 20 aliphatic rings. The largest absolute Gasteiger partial charge is 0.504 e. The quantitative estimate of drug-likeness (QED) is 0.0363. The number of esters is 4. The van der Waals surface area contributed by atoms with Gasteiger partial charge in [-0.1, -0.05) is 72.9 Å². The second-order valence-corrected chi connectivity index (χ2v) is 46.0. The maximum atomic E-state index is 13.8. The minimum atomic E-state index is -1.71. The summed E-state index contributed by atoms with van der Waals surface area (Å²) >= 11 is 3.96. The fraction of sp³-hybridized carbons (Fsp3) is 0.631. The monoisotopic (exact) mass is 2070 g/mol. The molecule has 4 aromatic rings. The van der Waals surface area contributed by atoms with Crippen molar-refractivity contribution in [1.29, 1.82) is 0 Å². The lowest BCUT2D eigenvalue weighted by Crippen LogP contribution is -2.67. The predicted molar refractivity (Wildman–Crippen MR) is 516 cm³/mol. The standard InChI is InChI=1S/C32H38N2O12.C24H29NO8S.C24H31NO7S.C23H29NO7S/c1-14(35)42-26-22(45-29(31(40)41-5)28(44-16(3)37)27(26)43-15(2)36)13-23(39)33-19-8-7-18-20-12-17-6-9-21(38)25-24(17)32(18,30(19)46-25)10-11-34(20)4;1-25-8-7-24-11-4-6-14(34-23-18(28)16(26)17(27)20(33-23)22(29)30)21(24)32-19-13(31-2)5-3-10(15(19)24)9-12(11)25;1-25-8-7-24-12-4-6-16(33-23-20(29)19(28)18(27)15(10-26)31-23)22(24)32-21-14(30-2)5-3-11(17(21)24)9-13(12)25;1-24-7-6-23-11-3-5-15(32-22-19(29)18(28)17(27)14(9-25)30-22)21(23)31-20-13(26)4-2-10(16(20)23)8-12(11)24/h6-9,18-20,22,26-30,38H,10-13H2,1-5H3,(H,33,39);3-6,11-12,14,16-18,20-21,23,26-28H,7-9H2,1-2H3,(H,29,30);3-6,12-13,15-16,18-20,22-23,26-29H,7-10H2,1-2H3;2-5,11-12,14-15,17-19,21-22,25-29H,6-9H2,1H3/t18?,19?,20?,22?,26-,27+,28-,29-,30?,32?;11?,12?,14?,16-,17-,18+,20-,21?,23?,24?;12?,13?,15-,16?,18-,19+,20-,22?,23?,24?;11?,12?,14-,15?,17-,18+,19-,21?,22?,23?/m0011/s1. The molecular formula is C103H127N5O34S3. The van der Waals surface area contributed by atoms with E-state index in [0.29, 0.717) is 41.3 Å². The molecule has 15 N–H and O–H groups in total. The molecule has 40 atom stereocenters. The molecule has 12 heterocycles. The van der Waals surface area contributed by atoms with Crippen LogP contribution in [0.3, 0.4) is 0 Å². The van der Waals surface area contributed by atoms with Gasteiger partial charge in [-0.15, -0.1) is 35.3 Å². The molecule has 24 unspecified atom stereocenters. The summed E-state index contributed by atoms with van der Waals surface area (Å²) in [6.45, 7) is 6.07. The number of hydrogen-bond donors (Lipinski definition) is 15. The second kappa shape index (κ2) is 39.0. The third-order valence-electron chi connectivity index (χ3n) is 35.0. The number of carboxylic acid groups (broad SMARTS) is 1. The molecule has 786 valence electrons. The average Bonchev–Trinajstić information content (AvgIpc) is 1.54. The molecule has 4 spiro atoms. The van der Waals surface area contributed by atoms with Gasteiger partial charge in [0.05, 0.1) is 62.8 Å². The number of likely N-dealkylation sites (N-methyl/N-ethyl adjacent to an activating group) is 4. The van der Waals surface area contributed by atoms with Crippen molar-refractivity contribution < 1.29 is 167 Å². The number of carbonyl (C=O) groups is 6. The Labute approximate surface area is 848 Å². The number of aliphatic carboxylic acids is 1. The van der Waals surface area contributed by atoms with E-state index in [1.54, 1.807) is 26.4 Å². The second-order valence-electron chi connectivity index (χ2n) is 42.2. The summed E-state index contributed by atoms with van der Waals surface area (Å²) in [5, 5.41) is 145. The van der Waals surface area contributed by atoms with Crippen molar-refractivity contribution in [2.45, 2.75) is 291 Å². The third-order valence-corrected chi connectivity index (χ3v) is 39.2. The van der Waals surface area contributed by atoms with E-state index >= 15 is 0 Å². The first-order chi connectivity index (χ1) is 69.4. The highest BCUT2D eigenvalue weighted by Gasteiger charge is 2.71. The van der Waals surface area contributed by atoms with Crippen LogP contribution in [0, 0.1) is 23.7 Å². The summed E-state index contributed by atoms with van der Waals surface area (Å²) in [4.78, 5) is 84.0. The van der Waals surface area contributed by atoms with Crippen molar-refractivity contribution in [2.75, 3.05) is 88.9 Å². The van der Waals surface area contributed by atoms with Gasteiger partial charge in [0.1, 0.15) is 114 Å². The average molecular weight is 2080 g/mol. The number of likely N-dealkylation sites (tertiary alicyclic amines) is 4. The summed E-state index contributed by atoms with van der Waals surface area (Å²) < 4.78 is 81.8. The SMILES string of the molecule is CN1CCC23c4c5ccc(O)c4OC2C(SC2O[C@H](CO)[C@@H](O)[C@H](O)[C@H]2O)C=CC3C1C5.COC(=O)[C@H]1OC(CC(=O)NC2C=CC3C4Cc5ccc(O)c6c5C3(CCN4C)C2O6)[C@H](OC(C)=O)[C@@H](OC(C)=O)[C@@H]1OC(C)=O.COc1ccc2c3c1OC1C(SC4O[C@H](C(=O)O)[C@@H](O)[C@H](O)[C@H]4O)C=CC4C(C2)N(C)CCC341.COc1ccc2c3c1OC1C(SC4O[C@H](CO)[C@@H](O)[C@H](O)[C@H]4O)C=CC4C(C2)N(C)CCC341. The van der Waals surface area contributed by atoms with Crippen LogP contribution < -0.4 is 33.7 Å². The van der Waals surface area contributed by atoms with Crippen molar-refractivity contribution in [1.82, 2.24) is 24.9 Å². The Bertz CT molecular complexity index is 5840. The minimum Gasteiger partial charge on any atom is -0.504 e. The van der Waals surface area contributed by atoms with Gasteiger partial charge in [-0.05, 0) is 152 Å². The smallest absolute Gasteiger partial charge is 0.339 e. The van der Waals surface area contributed by atoms with E-state index in [4.69, 9.17) is 66.3 Å². The van der Waals surface area contributed by atoms with Crippen LogP contribution in [0.25, 0.3) is 0 Å². The topological polar surface area (TPSA) is 540 Å². The number of nitrogens with one attached hydrogen (secondary N) is 1. The molecule has 39 nitrogen and oxygen atoms in total. The van der Waals surface area contributed by atoms with E-state index in [1.165, 1.54) is 63.1 Å². The van der Waals surface area contributed by atoms with E-state index in [-0.39, 0.29) is 85.6 Å². The highest BCUT2D eigenvalue weighted by atomic mass is 32.2. The van der Waals surface area contributed by atoms with Gasteiger partial charge in [-0.2, -0.15) is 0 Å². The Kier molecular flexibility index (Phi) is 27.5. The van der Waals surface area contributed by atoms with Crippen molar-refractivity contribution in [2.24, 2.45) is 23.7 Å². The van der Waals surface area contributed by atoms with Crippen LogP contribution in [0.5, 0.6) is 46.0 Å². The zero-order valence-corrected chi connectivity index (χ0v) is 84.0. The lowest BCUT2D eigenvalue weighted by atomic mass is 9.53. The number of carbonyl (C=O) groups excluding carboxylic acids is 5. The Hall–Kier alpha value is -8.65. The molecule has 12 aliphatic heterocycles. The first kappa shape index (κ1) is 102. The van der Waals surface area contributed by atoms with Crippen LogP contribution in [0.2, 0.25) is 0 Å². The van der Waals surface area contributed by atoms with E-state index in [2.05, 4.69) is 108 Å². The summed E-state index contributed by atoms with van der Waals surface area (Å²) in [6.07, 6.45) is -1.02. The highest BCUT2D eigenvalue weighted by Crippen LogP contribution is 2.69. The highest BCUT2D eigenvalue weighted by molar-refractivity contribution is 8.01. The molecule has 0 aromatic heterocycles. The molecule has 8 bridgehead atoms. The van der Waals surface area contributed by atoms with Gasteiger partial charge in [0.2, 0.25) is 5.91 Å². The zero-order valence-electron chi connectivity index (χ0n) is 81.6. The van der Waals surface area contributed by atoms with Gasteiger partial charge in [0, 0.05) is 113 Å². The number of piperidine rings is 4. The van der Waals surface area contributed by atoms with Crippen LogP contribution in [-0.2, 0) is 114 Å². The fourth-order valence-corrected chi connectivity index (χ4v) is 32.8. The maximum absolute atomic E-state index is 13.8.